The van der Waals surface area contributed by atoms with Crippen molar-refractivity contribution >= 4 is 21.6 Å². The molecule has 3 rings (SSSR count). The number of aromatic nitrogens is 1. The number of nitrogens with two attached hydrogens (primary N) is 1. The average Bonchev–Trinajstić information content (AvgIpc) is 2.92. The molecule has 1 aromatic heterocycles. The molecule has 1 unspecified atom stereocenters. The first-order valence-electron chi connectivity index (χ1n) is 6.92. The molecule has 0 saturated carbocycles. The molecule has 2 heterocycles. The number of hydrogen-bond acceptors (Lipinski definition) is 3. The van der Waals surface area contributed by atoms with Crippen LogP contribution in [0, 0.1) is 0 Å². The smallest absolute Gasteiger partial charge is 0.0371 e. The summed E-state index contributed by atoms with van der Waals surface area (Å²) in [6.45, 7) is 2.01. The van der Waals surface area contributed by atoms with Gasteiger partial charge in [-0.25, -0.2) is 0 Å². The van der Waals surface area contributed by atoms with Crippen LogP contribution in [-0.2, 0) is 6.54 Å². The predicted molar refractivity (Wildman–Crippen MR) is 85.2 cm³/mol. The van der Waals surface area contributed by atoms with Crippen molar-refractivity contribution in [3.8, 4) is 0 Å². The minimum absolute atomic E-state index is 0.476. The SMILES string of the molecule is Nc1cccc(Br)c1CN1CCCC1c1ccncc1. The number of likely N-dealkylation sites (tertiary alicyclic amines) is 1. The number of benzene rings is 1. The Bertz CT molecular complexity index is 565. The van der Waals surface area contributed by atoms with Crippen molar-refractivity contribution in [2.24, 2.45) is 0 Å². The van der Waals surface area contributed by atoms with Crippen LogP contribution in [0.25, 0.3) is 0 Å². The van der Waals surface area contributed by atoms with E-state index < -0.39 is 0 Å². The summed E-state index contributed by atoms with van der Waals surface area (Å²) in [6.07, 6.45) is 6.18. The highest BCUT2D eigenvalue weighted by molar-refractivity contribution is 9.10. The number of rotatable bonds is 3. The molecule has 0 amide bonds. The van der Waals surface area contributed by atoms with Gasteiger partial charge in [-0.15, -0.1) is 0 Å². The lowest BCUT2D eigenvalue weighted by molar-refractivity contribution is 0.248. The molecule has 1 aromatic carbocycles. The van der Waals surface area contributed by atoms with E-state index in [0.717, 1.165) is 23.2 Å². The van der Waals surface area contributed by atoms with E-state index in [0.29, 0.717) is 6.04 Å². The number of nitrogen functional groups attached to an aromatic ring is 1. The van der Waals surface area contributed by atoms with Crippen LogP contribution in [0.2, 0.25) is 0 Å². The van der Waals surface area contributed by atoms with Gasteiger partial charge < -0.3 is 5.73 Å². The van der Waals surface area contributed by atoms with Gasteiger partial charge in [0.25, 0.3) is 0 Å². The molecule has 0 bridgehead atoms. The predicted octanol–water partition coefficient (Wildman–Crippen LogP) is 3.76. The highest BCUT2D eigenvalue weighted by Crippen LogP contribution is 2.35. The zero-order valence-corrected chi connectivity index (χ0v) is 12.9. The summed E-state index contributed by atoms with van der Waals surface area (Å²) in [6, 6.07) is 10.7. The third-order valence-corrected chi connectivity index (χ3v) is 4.71. The van der Waals surface area contributed by atoms with E-state index in [4.69, 9.17) is 5.73 Å². The zero-order valence-electron chi connectivity index (χ0n) is 11.3. The molecule has 4 heteroatoms. The molecule has 2 aromatic rings. The molecule has 3 nitrogen and oxygen atoms in total. The fraction of sp³-hybridized carbons (Fsp3) is 0.312. The fourth-order valence-corrected chi connectivity index (χ4v) is 3.43. The van der Waals surface area contributed by atoms with Crippen LogP contribution >= 0.6 is 15.9 Å². The van der Waals surface area contributed by atoms with Gasteiger partial charge in [-0.05, 0) is 49.2 Å². The first-order chi connectivity index (χ1) is 9.75. The lowest BCUT2D eigenvalue weighted by atomic mass is 10.1. The van der Waals surface area contributed by atoms with E-state index >= 15 is 0 Å². The van der Waals surface area contributed by atoms with Crippen LogP contribution in [0.1, 0.15) is 30.0 Å². The molecule has 1 aliphatic heterocycles. The van der Waals surface area contributed by atoms with E-state index in [1.54, 1.807) is 0 Å². The van der Waals surface area contributed by atoms with Gasteiger partial charge in [0.2, 0.25) is 0 Å². The first-order valence-corrected chi connectivity index (χ1v) is 7.72. The summed E-state index contributed by atoms with van der Waals surface area (Å²) >= 11 is 3.61. The molecule has 1 atom stereocenters. The first kappa shape index (κ1) is 13.6. The molecule has 0 aliphatic carbocycles. The minimum Gasteiger partial charge on any atom is -0.398 e. The molecule has 0 radical (unpaired) electrons. The molecular weight excluding hydrogens is 314 g/mol. The van der Waals surface area contributed by atoms with Gasteiger partial charge in [0, 0.05) is 40.7 Å². The van der Waals surface area contributed by atoms with Crippen LogP contribution in [0.3, 0.4) is 0 Å². The Hall–Kier alpha value is -1.39. The van der Waals surface area contributed by atoms with E-state index in [1.165, 1.54) is 24.0 Å². The fourth-order valence-electron chi connectivity index (χ4n) is 2.92. The quantitative estimate of drug-likeness (QED) is 0.870. The Morgan fingerprint density at radius 2 is 2.05 bits per heavy atom. The monoisotopic (exact) mass is 331 g/mol. The Kier molecular flexibility index (Phi) is 4.03. The van der Waals surface area contributed by atoms with E-state index in [9.17, 15) is 0 Å². The summed E-state index contributed by atoms with van der Waals surface area (Å²) in [7, 11) is 0. The van der Waals surface area contributed by atoms with Crippen LogP contribution in [0.4, 0.5) is 5.69 Å². The van der Waals surface area contributed by atoms with E-state index in [-0.39, 0.29) is 0 Å². The number of nitrogens with zero attached hydrogens (tertiary/aromatic N) is 2. The van der Waals surface area contributed by atoms with Crippen molar-refractivity contribution in [3.05, 3.63) is 58.3 Å². The normalized spacial score (nSPS) is 19.4. The third-order valence-electron chi connectivity index (χ3n) is 3.97. The molecule has 0 spiro atoms. The van der Waals surface area contributed by atoms with Crippen molar-refractivity contribution in [1.82, 2.24) is 9.88 Å². The van der Waals surface area contributed by atoms with Gasteiger partial charge in [0.1, 0.15) is 0 Å². The second-order valence-electron chi connectivity index (χ2n) is 5.22. The maximum Gasteiger partial charge on any atom is 0.0371 e. The number of pyridine rings is 1. The van der Waals surface area contributed by atoms with Gasteiger partial charge >= 0.3 is 0 Å². The van der Waals surface area contributed by atoms with Crippen molar-refractivity contribution in [1.29, 1.82) is 0 Å². The maximum atomic E-state index is 6.12. The molecule has 104 valence electrons. The van der Waals surface area contributed by atoms with Gasteiger partial charge in [-0.1, -0.05) is 22.0 Å². The summed E-state index contributed by atoms with van der Waals surface area (Å²) < 4.78 is 1.10. The van der Waals surface area contributed by atoms with Crippen molar-refractivity contribution in [3.63, 3.8) is 0 Å². The number of anilines is 1. The number of halogens is 1. The summed E-state index contributed by atoms with van der Waals surface area (Å²) in [5, 5.41) is 0. The Morgan fingerprint density at radius 1 is 1.25 bits per heavy atom. The van der Waals surface area contributed by atoms with Gasteiger partial charge in [-0.3, -0.25) is 9.88 Å². The zero-order chi connectivity index (χ0) is 13.9. The van der Waals surface area contributed by atoms with Crippen LogP contribution < -0.4 is 5.73 Å². The Labute approximate surface area is 127 Å². The molecule has 1 aliphatic rings. The van der Waals surface area contributed by atoms with Crippen LogP contribution in [0.5, 0.6) is 0 Å². The third kappa shape index (κ3) is 2.72. The van der Waals surface area contributed by atoms with Gasteiger partial charge in [0.05, 0.1) is 0 Å². The molecule has 2 N–H and O–H groups in total. The summed E-state index contributed by atoms with van der Waals surface area (Å²) in [5.41, 5.74) is 9.52. The topological polar surface area (TPSA) is 42.1 Å². The summed E-state index contributed by atoms with van der Waals surface area (Å²) in [4.78, 5) is 6.61. The molecule has 1 fully saturated rings. The standard InChI is InChI=1S/C16H18BrN3/c17-14-3-1-4-15(18)13(14)11-20-10-2-5-16(20)12-6-8-19-9-7-12/h1,3-4,6-9,16H,2,5,10-11,18H2. The highest BCUT2D eigenvalue weighted by Gasteiger charge is 2.26. The molecule has 20 heavy (non-hydrogen) atoms. The van der Waals surface area contributed by atoms with Gasteiger partial charge in [-0.2, -0.15) is 0 Å². The van der Waals surface area contributed by atoms with Crippen LogP contribution in [0.15, 0.2) is 47.2 Å². The van der Waals surface area contributed by atoms with Crippen molar-refractivity contribution in [2.75, 3.05) is 12.3 Å². The summed E-state index contributed by atoms with van der Waals surface area (Å²) in [5.74, 6) is 0. The highest BCUT2D eigenvalue weighted by atomic mass is 79.9. The maximum absolute atomic E-state index is 6.12. The second kappa shape index (κ2) is 5.94. The van der Waals surface area contributed by atoms with Crippen molar-refractivity contribution < 1.29 is 0 Å². The molecular formula is C16H18BrN3. The number of hydrogen-bond donors (Lipinski definition) is 1. The lowest BCUT2D eigenvalue weighted by Gasteiger charge is -2.25. The average molecular weight is 332 g/mol. The van der Waals surface area contributed by atoms with Crippen LogP contribution in [-0.4, -0.2) is 16.4 Å². The largest absolute Gasteiger partial charge is 0.398 e. The van der Waals surface area contributed by atoms with E-state index in [1.807, 2.05) is 24.5 Å². The Morgan fingerprint density at radius 3 is 2.80 bits per heavy atom. The lowest BCUT2D eigenvalue weighted by Crippen LogP contribution is -2.23. The second-order valence-corrected chi connectivity index (χ2v) is 6.07. The van der Waals surface area contributed by atoms with Gasteiger partial charge in [0.15, 0.2) is 0 Å². The van der Waals surface area contributed by atoms with E-state index in [2.05, 4.69) is 44.0 Å². The van der Waals surface area contributed by atoms with Crippen molar-refractivity contribution in [2.45, 2.75) is 25.4 Å². The minimum atomic E-state index is 0.476. The molecule has 1 saturated heterocycles. The Balaban J connectivity index is 1.83.